The normalized spacial score (nSPS) is 18.1. The van der Waals surface area contributed by atoms with Crippen LogP contribution in [0.15, 0.2) is 93.1 Å². The summed E-state index contributed by atoms with van der Waals surface area (Å²) < 4.78 is 0. The molecule has 2 aromatic carbocycles. The molecule has 0 fully saturated rings. The van der Waals surface area contributed by atoms with Crippen LogP contribution in [0.2, 0.25) is 0 Å². The fraction of sp³-hybridized carbons (Fsp3) is 0.375. The highest BCUT2D eigenvalue weighted by molar-refractivity contribution is 5.54. The van der Waals surface area contributed by atoms with Gasteiger partial charge in [0.15, 0.2) is 0 Å². The predicted molar refractivity (Wildman–Crippen MR) is 139 cm³/mol. The van der Waals surface area contributed by atoms with Crippen LogP contribution in [0.4, 0.5) is 0 Å². The second kappa shape index (κ2) is 8.74. The Labute approximate surface area is 195 Å². The molecule has 0 radical (unpaired) electrons. The van der Waals surface area contributed by atoms with Gasteiger partial charge in [-0.2, -0.15) is 0 Å². The molecular weight excluding hydrogens is 384 g/mol. The van der Waals surface area contributed by atoms with Crippen LogP contribution in [-0.2, 0) is 12.8 Å². The summed E-state index contributed by atoms with van der Waals surface area (Å²) in [6, 6.07) is 18.7. The number of rotatable bonds is 5. The summed E-state index contributed by atoms with van der Waals surface area (Å²) in [5.41, 5.74) is 17.6. The molecule has 2 aromatic rings. The van der Waals surface area contributed by atoms with Gasteiger partial charge >= 0.3 is 0 Å². The lowest BCUT2D eigenvalue weighted by Crippen LogP contribution is -2.01. The van der Waals surface area contributed by atoms with E-state index in [1.165, 1.54) is 66.8 Å². The van der Waals surface area contributed by atoms with Crippen LogP contribution in [-0.4, -0.2) is 0 Å². The van der Waals surface area contributed by atoms with Crippen molar-refractivity contribution < 1.29 is 0 Å². The van der Waals surface area contributed by atoms with Gasteiger partial charge in [-0.25, -0.2) is 0 Å². The zero-order valence-electron chi connectivity index (χ0n) is 21.2. The summed E-state index contributed by atoms with van der Waals surface area (Å²) in [6.07, 6.45) is 2.18. The van der Waals surface area contributed by atoms with E-state index < -0.39 is 0 Å². The van der Waals surface area contributed by atoms with Gasteiger partial charge in [0.2, 0.25) is 0 Å². The maximum atomic E-state index is 2.34. The molecule has 0 saturated heterocycles. The quantitative estimate of drug-likeness (QED) is 0.451. The van der Waals surface area contributed by atoms with Gasteiger partial charge in [0.25, 0.3) is 0 Å². The van der Waals surface area contributed by atoms with E-state index in [2.05, 4.69) is 104 Å². The van der Waals surface area contributed by atoms with E-state index in [0.29, 0.717) is 11.8 Å². The van der Waals surface area contributed by atoms with Crippen LogP contribution in [0.3, 0.4) is 0 Å². The highest BCUT2D eigenvalue weighted by Gasteiger charge is 2.26. The lowest BCUT2D eigenvalue weighted by molar-refractivity contribution is 0.916. The lowest BCUT2D eigenvalue weighted by atomic mass is 9.87. The average molecular weight is 423 g/mol. The van der Waals surface area contributed by atoms with E-state index in [1.807, 2.05) is 0 Å². The Morgan fingerprint density at radius 1 is 0.406 bits per heavy atom. The molecule has 0 aliphatic heterocycles. The molecule has 0 nitrogen and oxygen atoms in total. The first kappa shape index (κ1) is 22.6. The van der Waals surface area contributed by atoms with Gasteiger partial charge in [0, 0.05) is 11.8 Å². The fourth-order valence-electron chi connectivity index (χ4n) is 5.74. The third kappa shape index (κ3) is 3.85. The first-order chi connectivity index (χ1) is 15.2. The van der Waals surface area contributed by atoms with E-state index in [9.17, 15) is 0 Å². The van der Waals surface area contributed by atoms with Gasteiger partial charge < -0.3 is 0 Å². The first-order valence-corrected chi connectivity index (χ1v) is 12.1. The van der Waals surface area contributed by atoms with Crippen molar-refractivity contribution in [1.82, 2.24) is 0 Å². The highest BCUT2D eigenvalue weighted by atomic mass is 14.3. The number of benzene rings is 2. The largest absolute Gasteiger partial charge is 0.0587 e. The molecule has 0 N–H and O–H groups in total. The molecule has 0 saturated carbocycles. The van der Waals surface area contributed by atoms with Crippen molar-refractivity contribution in [3.63, 3.8) is 0 Å². The summed E-state index contributed by atoms with van der Waals surface area (Å²) in [7, 11) is 0. The van der Waals surface area contributed by atoms with Gasteiger partial charge in [-0.05, 0) is 113 Å². The van der Waals surface area contributed by atoms with Crippen LogP contribution >= 0.6 is 0 Å². The molecule has 0 heterocycles. The predicted octanol–water partition coefficient (Wildman–Crippen LogP) is 9.01. The highest BCUT2D eigenvalue weighted by Crippen LogP contribution is 2.44. The Balaban J connectivity index is 1.42. The molecule has 0 heteroatoms. The minimum atomic E-state index is 0.467. The van der Waals surface area contributed by atoms with Crippen LogP contribution in [0.25, 0.3) is 0 Å². The topological polar surface area (TPSA) is 0 Å². The Morgan fingerprint density at radius 3 is 0.906 bits per heavy atom. The lowest BCUT2D eigenvalue weighted by Gasteiger charge is -2.17. The maximum absolute atomic E-state index is 2.34. The molecule has 2 aliphatic rings. The molecule has 32 heavy (non-hydrogen) atoms. The molecule has 0 atom stereocenters. The van der Waals surface area contributed by atoms with Crippen molar-refractivity contribution in [3.8, 4) is 0 Å². The summed E-state index contributed by atoms with van der Waals surface area (Å²) >= 11 is 0. The third-order valence-corrected chi connectivity index (χ3v) is 8.55. The first-order valence-electron chi connectivity index (χ1n) is 12.1. The van der Waals surface area contributed by atoms with Crippen molar-refractivity contribution >= 4 is 0 Å². The standard InChI is InChI=1S/C32H38/c1-19-20(2)24(6)31(23(19)5)29-15-11-27(12-16-29)9-10-28-13-17-30(18-14-28)32-25(7)21(3)22(4)26(32)8/h11-18,31-32H,9-10H2,1-8H3. The summed E-state index contributed by atoms with van der Waals surface area (Å²) in [6.45, 7) is 18.2. The average Bonchev–Trinajstić information content (AvgIpc) is 3.11. The molecule has 0 aromatic heterocycles. The van der Waals surface area contributed by atoms with E-state index in [4.69, 9.17) is 0 Å². The SMILES string of the molecule is CC1=C(C)C(c2ccc(CCc3ccc(C4C(C)=C(C)C(C)=C4C)cc3)cc2)C(C)=C1C. The van der Waals surface area contributed by atoms with Gasteiger partial charge in [-0.15, -0.1) is 0 Å². The molecular formula is C32H38. The molecule has 2 aliphatic carbocycles. The van der Waals surface area contributed by atoms with E-state index >= 15 is 0 Å². The zero-order valence-corrected chi connectivity index (χ0v) is 21.2. The van der Waals surface area contributed by atoms with Gasteiger partial charge in [-0.1, -0.05) is 70.8 Å². The minimum absolute atomic E-state index is 0.467. The molecule has 4 rings (SSSR count). The van der Waals surface area contributed by atoms with Crippen molar-refractivity contribution in [2.45, 2.75) is 80.1 Å². The number of aryl methyl sites for hydroxylation is 2. The van der Waals surface area contributed by atoms with Crippen molar-refractivity contribution in [3.05, 3.63) is 115 Å². The van der Waals surface area contributed by atoms with Crippen molar-refractivity contribution in [2.75, 3.05) is 0 Å². The Bertz CT molecular complexity index is 1010. The van der Waals surface area contributed by atoms with Gasteiger partial charge in [0.05, 0.1) is 0 Å². The number of hydrogen-bond donors (Lipinski definition) is 0. The Hall–Kier alpha value is -2.60. The van der Waals surface area contributed by atoms with Crippen LogP contribution < -0.4 is 0 Å². The van der Waals surface area contributed by atoms with Crippen molar-refractivity contribution in [1.29, 1.82) is 0 Å². The fourth-order valence-corrected chi connectivity index (χ4v) is 5.74. The second-order valence-corrected chi connectivity index (χ2v) is 10.1. The van der Waals surface area contributed by atoms with E-state index in [-0.39, 0.29) is 0 Å². The van der Waals surface area contributed by atoms with Crippen LogP contribution in [0.1, 0.15) is 89.5 Å². The summed E-state index contributed by atoms with van der Waals surface area (Å²) in [5, 5.41) is 0. The minimum Gasteiger partial charge on any atom is -0.0587 e. The molecule has 0 amide bonds. The van der Waals surface area contributed by atoms with Gasteiger partial charge in [0.1, 0.15) is 0 Å². The number of hydrogen-bond acceptors (Lipinski definition) is 0. The maximum Gasteiger partial charge on any atom is 0.0263 e. The van der Waals surface area contributed by atoms with Crippen LogP contribution in [0, 0.1) is 0 Å². The molecule has 0 spiro atoms. The summed E-state index contributed by atoms with van der Waals surface area (Å²) in [4.78, 5) is 0. The van der Waals surface area contributed by atoms with E-state index in [0.717, 1.165) is 12.8 Å². The van der Waals surface area contributed by atoms with Crippen molar-refractivity contribution in [2.24, 2.45) is 0 Å². The molecule has 0 unspecified atom stereocenters. The molecule has 166 valence electrons. The van der Waals surface area contributed by atoms with Gasteiger partial charge in [-0.3, -0.25) is 0 Å². The Kier molecular flexibility index (Phi) is 6.17. The second-order valence-electron chi connectivity index (χ2n) is 10.1. The van der Waals surface area contributed by atoms with E-state index in [1.54, 1.807) is 0 Å². The molecule has 0 bridgehead atoms. The monoisotopic (exact) mass is 422 g/mol. The smallest absolute Gasteiger partial charge is 0.0263 e. The number of allylic oxidation sites excluding steroid dienone is 8. The zero-order chi connectivity index (χ0) is 23.2. The third-order valence-electron chi connectivity index (χ3n) is 8.55. The van der Waals surface area contributed by atoms with Crippen LogP contribution in [0.5, 0.6) is 0 Å². The Morgan fingerprint density at radius 2 is 0.656 bits per heavy atom. The summed E-state index contributed by atoms with van der Waals surface area (Å²) in [5.74, 6) is 0.934.